The number of carbonyl (C=O) groups is 2. The van der Waals surface area contributed by atoms with E-state index in [-0.39, 0.29) is 29.9 Å². The molecule has 110 valence electrons. The fourth-order valence-corrected chi connectivity index (χ4v) is 2.26. The molecular formula is C14H20N2O3S. The third-order valence-corrected chi connectivity index (χ3v) is 3.57. The number of rotatable bonds is 7. The van der Waals surface area contributed by atoms with Crippen molar-refractivity contribution in [3.05, 3.63) is 24.3 Å². The lowest BCUT2D eigenvalue weighted by Crippen LogP contribution is -2.39. The Morgan fingerprint density at radius 2 is 1.95 bits per heavy atom. The van der Waals surface area contributed by atoms with Gasteiger partial charge >= 0.3 is 0 Å². The Morgan fingerprint density at radius 1 is 1.30 bits per heavy atom. The van der Waals surface area contributed by atoms with E-state index < -0.39 is 0 Å². The number of benzene rings is 1. The normalized spacial score (nSPS) is 10.1. The lowest BCUT2D eigenvalue weighted by molar-refractivity contribution is -0.132. The molecule has 0 aliphatic heterocycles. The van der Waals surface area contributed by atoms with Crippen LogP contribution in [0.3, 0.4) is 0 Å². The van der Waals surface area contributed by atoms with E-state index in [0.29, 0.717) is 6.54 Å². The van der Waals surface area contributed by atoms with Crippen LogP contribution in [0.4, 0.5) is 0 Å². The van der Waals surface area contributed by atoms with Gasteiger partial charge in [-0.3, -0.25) is 9.59 Å². The summed E-state index contributed by atoms with van der Waals surface area (Å²) >= 11 is 1.38. The predicted molar refractivity (Wildman–Crippen MR) is 79.8 cm³/mol. The van der Waals surface area contributed by atoms with Crippen LogP contribution in [0.15, 0.2) is 29.2 Å². The number of phenols is 1. The fourth-order valence-electron chi connectivity index (χ4n) is 1.42. The zero-order chi connectivity index (χ0) is 15.0. The molecule has 1 aromatic rings. The Morgan fingerprint density at radius 3 is 2.55 bits per heavy atom. The van der Waals surface area contributed by atoms with Crippen molar-refractivity contribution in [3.8, 4) is 5.75 Å². The summed E-state index contributed by atoms with van der Waals surface area (Å²) in [5.74, 6) is 0.222. The van der Waals surface area contributed by atoms with Gasteiger partial charge in [-0.05, 0) is 30.7 Å². The van der Waals surface area contributed by atoms with Crippen molar-refractivity contribution >= 4 is 23.6 Å². The molecule has 0 fully saturated rings. The van der Waals surface area contributed by atoms with Crippen LogP contribution < -0.4 is 5.32 Å². The van der Waals surface area contributed by atoms with Crippen molar-refractivity contribution in [2.24, 2.45) is 0 Å². The highest BCUT2D eigenvalue weighted by Gasteiger charge is 2.12. The number of nitrogens with one attached hydrogen (secondary N) is 1. The first-order chi connectivity index (χ1) is 9.52. The molecule has 0 saturated carbocycles. The third-order valence-electron chi connectivity index (χ3n) is 2.58. The van der Waals surface area contributed by atoms with Crippen LogP contribution >= 0.6 is 11.8 Å². The second-order valence-corrected chi connectivity index (χ2v) is 5.43. The van der Waals surface area contributed by atoms with Gasteiger partial charge in [0.15, 0.2) is 0 Å². The molecule has 0 radical (unpaired) electrons. The summed E-state index contributed by atoms with van der Waals surface area (Å²) in [6.45, 7) is 2.68. The molecule has 2 N–H and O–H groups in total. The number of nitrogens with zero attached hydrogens (tertiary/aromatic N) is 1. The van der Waals surface area contributed by atoms with Crippen molar-refractivity contribution in [1.29, 1.82) is 0 Å². The van der Waals surface area contributed by atoms with Gasteiger partial charge in [0.1, 0.15) is 5.75 Å². The van der Waals surface area contributed by atoms with Gasteiger partial charge in [-0.25, -0.2) is 0 Å². The highest BCUT2D eigenvalue weighted by Crippen LogP contribution is 2.20. The number of aromatic hydroxyl groups is 1. The van der Waals surface area contributed by atoms with Crippen molar-refractivity contribution < 1.29 is 14.7 Å². The first-order valence-electron chi connectivity index (χ1n) is 6.45. The first-order valence-corrected chi connectivity index (χ1v) is 7.44. The molecule has 0 spiro atoms. The van der Waals surface area contributed by atoms with Crippen molar-refractivity contribution in [1.82, 2.24) is 10.2 Å². The molecule has 5 nitrogen and oxygen atoms in total. The largest absolute Gasteiger partial charge is 0.508 e. The molecule has 0 aromatic heterocycles. The Kier molecular flexibility index (Phi) is 6.93. The Labute approximate surface area is 123 Å². The topological polar surface area (TPSA) is 69.6 Å². The van der Waals surface area contributed by atoms with Gasteiger partial charge in [-0.1, -0.05) is 6.92 Å². The standard InChI is InChI=1S/C14H20N2O3S/c1-3-8-15-13(18)9-16(2)14(19)10-20-12-6-4-11(17)5-7-12/h4-7,17H,3,8-10H2,1-2H3,(H,15,18). The lowest BCUT2D eigenvalue weighted by Gasteiger charge is -2.16. The van der Waals surface area contributed by atoms with E-state index in [1.807, 2.05) is 6.92 Å². The van der Waals surface area contributed by atoms with E-state index in [0.717, 1.165) is 11.3 Å². The summed E-state index contributed by atoms with van der Waals surface area (Å²) in [5.41, 5.74) is 0. The minimum absolute atomic E-state index is 0.0783. The highest BCUT2D eigenvalue weighted by molar-refractivity contribution is 8.00. The summed E-state index contributed by atoms with van der Waals surface area (Å²) < 4.78 is 0. The van der Waals surface area contributed by atoms with Gasteiger partial charge in [0, 0.05) is 18.5 Å². The molecule has 0 aliphatic carbocycles. The van der Waals surface area contributed by atoms with E-state index in [1.54, 1.807) is 31.3 Å². The summed E-state index contributed by atoms with van der Waals surface area (Å²) in [7, 11) is 1.62. The Hall–Kier alpha value is -1.69. The van der Waals surface area contributed by atoms with E-state index in [9.17, 15) is 9.59 Å². The molecule has 0 heterocycles. The number of phenolic OH excluding ortho intramolecular Hbond substituents is 1. The van der Waals surface area contributed by atoms with Crippen LogP contribution in [-0.2, 0) is 9.59 Å². The second kappa shape index (κ2) is 8.47. The molecule has 0 unspecified atom stereocenters. The van der Waals surface area contributed by atoms with Crippen LogP contribution in [0.5, 0.6) is 5.75 Å². The molecule has 1 aromatic carbocycles. The van der Waals surface area contributed by atoms with Gasteiger partial charge in [-0.15, -0.1) is 11.8 Å². The smallest absolute Gasteiger partial charge is 0.239 e. The van der Waals surface area contributed by atoms with Gasteiger partial charge < -0.3 is 15.3 Å². The summed E-state index contributed by atoms with van der Waals surface area (Å²) in [6, 6.07) is 6.66. The molecule has 2 amide bonds. The number of thioether (sulfide) groups is 1. The Balaban J connectivity index is 2.34. The zero-order valence-corrected chi connectivity index (χ0v) is 12.6. The molecular weight excluding hydrogens is 276 g/mol. The number of hydrogen-bond acceptors (Lipinski definition) is 4. The van der Waals surface area contributed by atoms with E-state index >= 15 is 0 Å². The molecule has 0 bridgehead atoms. The van der Waals surface area contributed by atoms with Crippen molar-refractivity contribution in [2.45, 2.75) is 18.2 Å². The van der Waals surface area contributed by atoms with Crippen LogP contribution in [-0.4, -0.2) is 47.7 Å². The predicted octanol–water partition coefficient (Wildman–Crippen LogP) is 1.47. The molecule has 0 atom stereocenters. The van der Waals surface area contributed by atoms with E-state index in [1.165, 1.54) is 16.7 Å². The maximum atomic E-state index is 11.9. The molecule has 6 heteroatoms. The maximum Gasteiger partial charge on any atom is 0.239 e. The number of amides is 2. The third kappa shape index (κ3) is 5.97. The second-order valence-electron chi connectivity index (χ2n) is 4.38. The van der Waals surface area contributed by atoms with Crippen LogP contribution in [0.2, 0.25) is 0 Å². The van der Waals surface area contributed by atoms with E-state index in [4.69, 9.17) is 5.11 Å². The highest BCUT2D eigenvalue weighted by atomic mass is 32.2. The quantitative estimate of drug-likeness (QED) is 0.748. The van der Waals surface area contributed by atoms with Gasteiger partial charge in [0.2, 0.25) is 11.8 Å². The van der Waals surface area contributed by atoms with Crippen molar-refractivity contribution in [3.63, 3.8) is 0 Å². The van der Waals surface area contributed by atoms with Crippen LogP contribution in [0.1, 0.15) is 13.3 Å². The summed E-state index contributed by atoms with van der Waals surface area (Å²) in [4.78, 5) is 25.7. The van der Waals surface area contributed by atoms with Gasteiger partial charge in [0.05, 0.1) is 12.3 Å². The monoisotopic (exact) mass is 296 g/mol. The molecule has 20 heavy (non-hydrogen) atoms. The lowest BCUT2D eigenvalue weighted by atomic mass is 10.3. The average molecular weight is 296 g/mol. The Bertz CT molecular complexity index is 448. The summed E-state index contributed by atoms with van der Waals surface area (Å²) in [6.07, 6.45) is 0.875. The average Bonchev–Trinajstić information content (AvgIpc) is 2.44. The number of likely N-dealkylation sites (N-methyl/N-ethyl adjacent to an activating group) is 1. The van der Waals surface area contributed by atoms with Crippen LogP contribution in [0, 0.1) is 0 Å². The molecule has 0 aliphatic rings. The zero-order valence-electron chi connectivity index (χ0n) is 11.8. The fraction of sp³-hybridized carbons (Fsp3) is 0.429. The summed E-state index contributed by atoms with van der Waals surface area (Å²) in [5, 5.41) is 11.9. The first kappa shape index (κ1) is 16.4. The molecule has 0 saturated heterocycles. The SMILES string of the molecule is CCCNC(=O)CN(C)C(=O)CSc1ccc(O)cc1. The number of carbonyl (C=O) groups excluding carboxylic acids is 2. The van der Waals surface area contributed by atoms with Gasteiger partial charge in [0.25, 0.3) is 0 Å². The minimum atomic E-state index is -0.141. The molecule has 1 rings (SSSR count). The van der Waals surface area contributed by atoms with Gasteiger partial charge in [-0.2, -0.15) is 0 Å². The maximum absolute atomic E-state index is 11.9. The minimum Gasteiger partial charge on any atom is -0.508 e. The van der Waals surface area contributed by atoms with Crippen molar-refractivity contribution in [2.75, 3.05) is 25.9 Å². The number of hydrogen-bond donors (Lipinski definition) is 2. The van der Waals surface area contributed by atoms with E-state index in [2.05, 4.69) is 5.32 Å². The van der Waals surface area contributed by atoms with Crippen LogP contribution in [0.25, 0.3) is 0 Å².